The summed E-state index contributed by atoms with van der Waals surface area (Å²) in [7, 11) is 0. The zero-order valence-electron chi connectivity index (χ0n) is 12.5. The highest BCUT2D eigenvalue weighted by atomic mass is 16.5. The third kappa shape index (κ3) is 6.25. The number of terminal acetylenes is 1. The van der Waals surface area contributed by atoms with E-state index >= 15 is 0 Å². The molecule has 1 fully saturated rings. The summed E-state index contributed by atoms with van der Waals surface area (Å²) >= 11 is 0. The van der Waals surface area contributed by atoms with Gasteiger partial charge in [-0.2, -0.15) is 0 Å². The number of nitrogens with zero attached hydrogens (tertiary/aromatic N) is 1. The first-order valence-electron chi connectivity index (χ1n) is 7.21. The Kier molecular flexibility index (Phi) is 8.67. The second kappa shape index (κ2) is 10.3. The Morgan fingerprint density at radius 2 is 1.76 bits per heavy atom. The summed E-state index contributed by atoms with van der Waals surface area (Å²) in [6.45, 7) is 4.65. The highest BCUT2D eigenvalue weighted by Gasteiger charge is 2.36. The molecule has 118 valence electrons. The Balaban J connectivity index is 1.98. The van der Waals surface area contributed by atoms with E-state index in [9.17, 15) is 9.59 Å². The minimum absolute atomic E-state index is 0.0759. The van der Waals surface area contributed by atoms with Crippen molar-refractivity contribution >= 4 is 11.8 Å². The molecular formula is C15H23NO5. The lowest BCUT2D eigenvalue weighted by Gasteiger charge is -2.14. The number of hydrogen-bond donors (Lipinski definition) is 0. The molecule has 1 aliphatic heterocycles. The van der Waals surface area contributed by atoms with Gasteiger partial charge >= 0.3 is 0 Å². The number of hydrogen-bond acceptors (Lipinski definition) is 5. The standard InChI is InChI=1S/C15H23NO5/c1-3-6-19-8-10-21-11-9-20-7-5-16-14(17)12-13(4-2)15(16)18/h1,13H,4-12H2,2H3. The molecule has 1 rings (SSSR count). The lowest BCUT2D eigenvalue weighted by Crippen LogP contribution is -2.34. The van der Waals surface area contributed by atoms with Crippen molar-refractivity contribution in [2.24, 2.45) is 5.92 Å². The molecule has 1 heterocycles. The van der Waals surface area contributed by atoms with Crippen molar-refractivity contribution in [3.63, 3.8) is 0 Å². The van der Waals surface area contributed by atoms with Gasteiger partial charge in [0.25, 0.3) is 0 Å². The van der Waals surface area contributed by atoms with E-state index in [-0.39, 0.29) is 24.3 Å². The number of rotatable bonds is 11. The van der Waals surface area contributed by atoms with E-state index in [1.54, 1.807) is 0 Å². The molecule has 2 amide bonds. The van der Waals surface area contributed by atoms with Gasteiger partial charge in [-0.1, -0.05) is 12.8 Å². The second-order valence-electron chi connectivity index (χ2n) is 4.67. The van der Waals surface area contributed by atoms with E-state index in [4.69, 9.17) is 20.6 Å². The van der Waals surface area contributed by atoms with Crippen LogP contribution in [0.2, 0.25) is 0 Å². The second-order valence-corrected chi connectivity index (χ2v) is 4.67. The first-order chi connectivity index (χ1) is 10.2. The smallest absolute Gasteiger partial charge is 0.232 e. The van der Waals surface area contributed by atoms with Gasteiger partial charge in [-0.25, -0.2) is 0 Å². The molecule has 0 aromatic carbocycles. The SMILES string of the molecule is C#CCOCCOCCOCCN1C(=O)CC(CC)C1=O. The lowest BCUT2D eigenvalue weighted by molar-refractivity contribution is -0.140. The maximum atomic E-state index is 11.8. The van der Waals surface area contributed by atoms with Crippen LogP contribution in [0.5, 0.6) is 0 Å². The molecule has 0 aromatic rings. The lowest BCUT2D eigenvalue weighted by atomic mass is 10.1. The summed E-state index contributed by atoms with van der Waals surface area (Å²) < 4.78 is 15.6. The Morgan fingerprint density at radius 1 is 1.14 bits per heavy atom. The summed E-state index contributed by atoms with van der Waals surface area (Å²) in [5, 5.41) is 0. The number of carbonyl (C=O) groups is 2. The largest absolute Gasteiger partial charge is 0.377 e. The Morgan fingerprint density at radius 3 is 2.33 bits per heavy atom. The molecule has 6 nitrogen and oxygen atoms in total. The zero-order chi connectivity index (χ0) is 15.5. The quantitative estimate of drug-likeness (QED) is 0.315. The number of carbonyl (C=O) groups excluding carboxylic acids is 2. The van der Waals surface area contributed by atoms with Crippen molar-refractivity contribution in [3.8, 4) is 12.3 Å². The van der Waals surface area contributed by atoms with Gasteiger partial charge in [0.1, 0.15) is 6.61 Å². The van der Waals surface area contributed by atoms with Crippen molar-refractivity contribution < 1.29 is 23.8 Å². The predicted molar refractivity (Wildman–Crippen MR) is 76.4 cm³/mol. The monoisotopic (exact) mass is 297 g/mol. The molecule has 6 heteroatoms. The highest BCUT2D eigenvalue weighted by molar-refractivity contribution is 6.03. The van der Waals surface area contributed by atoms with Crippen molar-refractivity contribution in [2.75, 3.05) is 46.2 Å². The van der Waals surface area contributed by atoms with E-state index < -0.39 is 0 Å². The summed E-state index contributed by atoms with van der Waals surface area (Å²) in [5.74, 6) is 2.04. The predicted octanol–water partition coefficient (Wildman–Crippen LogP) is 0.454. The zero-order valence-corrected chi connectivity index (χ0v) is 12.5. The first-order valence-corrected chi connectivity index (χ1v) is 7.21. The van der Waals surface area contributed by atoms with Crippen molar-refractivity contribution in [2.45, 2.75) is 19.8 Å². The Labute approximate surface area is 125 Å². The van der Waals surface area contributed by atoms with Crippen molar-refractivity contribution in [1.82, 2.24) is 4.90 Å². The maximum absolute atomic E-state index is 11.8. The number of amides is 2. The van der Waals surface area contributed by atoms with E-state index in [0.29, 0.717) is 52.4 Å². The minimum Gasteiger partial charge on any atom is -0.377 e. The third-order valence-corrected chi connectivity index (χ3v) is 3.22. The van der Waals surface area contributed by atoms with Gasteiger partial charge in [-0.15, -0.1) is 6.42 Å². The van der Waals surface area contributed by atoms with E-state index in [1.165, 1.54) is 4.90 Å². The molecule has 0 aliphatic carbocycles. The van der Waals surface area contributed by atoms with Gasteiger partial charge < -0.3 is 14.2 Å². The molecule has 0 aromatic heterocycles. The van der Waals surface area contributed by atoms with Gasteiger partial charge in [0.05, 0.1) is 39.6 Å². The topological polar surface area (TPSA) is 65.1 Å². The minimum atomic E-state index is -0.149. The highest BCUT2D eigenvalue weighted by Crippen LogP contribution is 2.21. The molecule has 1 atom stereocenters. The van der Waals surface area contributed by atoms with Gasteiger partial charge in [-0.3, -0.25) is 14.5 Å². The fourth-order valence-electron chi connectivity index (χ4n) is 2.03. The van der Waals surface area contributed by atoms with Crippen LogP contribution in [0.1, 0.15) is 19.8 Å². The van der Waals surface area contributed by atoms with Crippen LogP contribution < -0.4 is 0 Å². The van der Waals surface area contributed by atoms with Gasteiger partial charge in [0, 0.05) is 12.3 Å². The van der Waals surface area contributed by atoms with Crippen molar-refractivity contribution in [3.05, 3.63) is 0 Å². The van der Waals surface area contributed by atoms with Crippen LogP contribution in [-0.2, 0) is 23.8 Å². The maximum Gasteiger partial charge on any atom is 0.232 e. The molecule has 21 heavy (non-hydrogen) atoms. The van der Waals surface area contributed by atoms with Crippen LogP contribution in [0.15, 0.2) is 0 Å². The van der Waals surface area contributed by atoms with Crippen LogP contribution in [0.3, 0.4) is 0 Å². The third-order valence-electron chi connectivity index (χ3n) is 3.22. The average Bonchev–Trinajstić information content (AvgIpc) is 2.76. The van der Waals surface area contributed by atoms with Gasteiger partial charge in [-0.05, 0) is 6.42 Å². The fourth-order valence-corrected chi connectivity index (χ4v) is 2.03. The first kappa shape index (κ1) is 17.6. The van der Waals surface area contributed by atoms with Crippen LogP contribution >= 0.6 is 0 Å². The van der Waals surface area contributed by atoms with Crippen LogP contribution in [0, 0.1) is 18.3 Å². The molecule has 0 bridgehead atoms. The number of likely N-dealkylation sites (tertiary alicyclic amines) is 1. The van der Waals surface area contributed by atoms with E-state index in [0.717, 1.165) is 0 Å². The van der Waals surface area contributed by atoms with Crippen LogP contribution in [0.4, 0.5) is 0 Å². The molecule has 0 N–H and O–H groups in total. The molecule has 1 aliphatic rings. The molecule has 1 unspecified atom stereocenters. The van der Waals surface area contributed by atoms with E-state index in [2.05, 4.69) is 5.92 Å². The summed E-state index contributed by atoms with van der Waals surface area (Å²) in [5.41, 5.74) is 0. The number of ether oxygens (including phenoxy) is 3. The average molecular weight is 297 g/mol. The summed E-state index contributed by atoms with van der Waals surface area (Å²) in [4.78, 5) is 24.8. The molecule has 0 saturated carbocycles. The molecular weight excluding hydrogens is 274 g/mol. The Hall–Kier alpha value is -1.42. The molecule has 1 saturated heterocycles. The van der Waals surface area contributed by atoms with E-state index in [1.807, 2.05) is 6.92 Å². The van der Waals surface area contributed by atoms with Gasteiger partial charge in [0.15, 0.2) is 0 Å². The van der Waals surface area contributed by atoms with Gasteiger partial charge in [0.2, 0.25) is 11.8 Å². The summed E-state index contributed by atoms with van der Waals surface area (Å²) in [6, 6.07) is 0. The normalized spacial score (nSPS) is 18.3. The number of imide groups is 1. The fraction of sp³-hybridized carbons (Fsp3) is 0.733. The van der Waals surface area contributed by atoms with Crippen LogP contribution in [0.25, 0.3) is 0 Å². The van der Waals surface area contributed by atoms with Crippen LogP contribution in [-0.4, -0.2) is 62.9 Å². The molecule has 0 radical (unpaired) electrons. The summed E-state index contributed by atoms with van der Waals surface area (Å²) in [6.07, 6.45) is 6.06. The Bertz CT molecular complexity index is 377. The van der Waals surface area contributed by atoms with Crippen molar-refractivity contribution in [1.29, 1.82) is 0 Å². The molecule has 0 spiro atoms.